The summed E-state index contributed by atoms with van der Waals surface area (Å²) in [5.74, 6) is 0.645. The number of nitrogens with two attached hydrogens (primary N) is 1. The first kappa shape index (κ1) is 10.9. The standard InChI is InChI=1S/C11H19N3S/c1-3-9-7-15-11(13-9)14-5-4-8(2)10(12)6-14/h7-8,10H,3-6,12H2,1-2H3. The van der Waals surface area contributed by atoms with E-state index in [0.29, 0.717) is 12.0 Å². The molecule has 0 bridgehead atoms. The van der Waals surface area contributed by atoms with Crippen LogP contribution in [0, 0.1) is 5.92 Å². The maximum absolute atomic E-state index is 6.08. The van der Waals surface area contributed by atoms with Gasteiger partial charge in [-0.2, -0.15) is 0 Å². The molecule has 4 heteroatoms. The van der Waals surface area contributed by atoms with Gasteiger partial charge in [-0.05, 0) is 18.8 Å². The second-order valence-electron chi connectivity index (χ2n) is 4.35. The summed E-state index contributed by atoms with van der Waals surface area (Å²) in [6.07, 6.45) is 2.20. The Kier molecular flexibility index (Phi) is 3.26. The van der Waals surface area contributed by atoms with Crippen LogP contribution in [0.3, 0.4) is 0 Å². The molecule has 2 atom stereocenters. The molecule has 0 aromatic carbocycles. The van der Waals surface area contributed by atoms with Crippen molar-refractivity contribution < 1.29 is 0 Å². The van der Waals surface area contributed by atoms with Crippen molar-refractivity contribution in [2.24, 2.45) is 11.7 Å². The van der Waals surface area contributed by atoms with E-state index >= 15 is 0 Å². The van der Waals surface area contributed by atoms with Crippen LogP contribution in [0.1, 0.15) is 26.0 Å². The highest BCUT2D eigenvalue weighted by Crippen LogP contribution is 2.25. The molecule has 15 heavy (non-hydrogen) atoms. The molecule has 2 rings (SSSR count). The highest BCUT2D eigenvalue weighted by atomic mass is 32.1. The van der Waals surface area contributed by atoms with Crippen molar-refractivity contribution in [3.63, 3.8) is 0 Å². The molecule has 3 nitrogen and oxygen atoms in total. The number of nitrogens with zero attached hydrogens (tertiary/aromatic N) is 2. The molecule has 1 fully saturated rings. The normalized spacial score (nSPS) is 27.0. The van der Waals surface area contributed by atoms with Crippen molar-refractivity contribution in [1.29, 1.82) is 0 Å². The summed E-state index contributed by atoms with van der Waals surface area (Å²) in [6, 6.07) is 0.299. The van der Waals surface area contributed by atoms with Gasteiger partial charge in [0.05, 0.1) is 5.69 Å². The first-order valence-corrected chi connectivity index (χ1v) is 6.53. The maximum atomic E-state index is 6.08. The van der Waals surface area contributed by atoms with Gasteiger partial charge < -0.3 is 10.6 Å². The fourth-order valence-corrected chi connectivity index (χ4v) is 2.82. The molecule has 2 N–H and O–H groups in total. The van der Waals surface area contributed by atoms with E-state index in [4.69, 9.17) is 5.73 Å². The third kappa shape index (κ3) is 2.32. The molecule has 1 aliphatic heterocycles. The summed E-state index contributed by atoms with van der Waals surface area (Å²) in [6.45, 7) is 6.44. The lowest BCUT2D eigenvalue weighted by Gasteiger charge is -2.34. The lowest BCUT2D eigenvalue weighted by molar-refractivity contribution is 0.379. The van der Waals surface area contributed by atoms with E-state index in [2.05, 4.69) is 29.1 Å². The molecule has 1 aromatic heterocycles. The van der Waals surface area contributed by atoms with Gasteiger partial charge in [-0.1, -0.05) is 13.8 Å². The van der Waals surface area contributed by atoms with Gasteiger partial charge in [0.15, 0.2) is 5.13 Å². The van der Waals surface area contributed by atoms with E-state index in [1.54, 1.807) is 11.3 Å². The smallest absolute Gasteiger partial charge is 0.185 e. The molecular weight excluding hydrogens is 206 g/mol. The minimum atomic E-state index is 0.299. The highest BCUT2D eigenvalue weighted by molar-refractivity contribution is 7.13. The third-order valence-corrected chi connectivity index (χ3v) is 4.14. The zero-order chi connectivity index (χ0) is 10.8. The summed E-state index contributed by atoms with van der Waals surface area (Å²) in [5, 5.41) is 3.30. The third-order valence-electron chi connectivity index (χ3n) is 3.19. The van der Waals surface area contributed by atoms with Crippen molar-refractivity contribution in [2.45, 2.75) is 32.7 Å². The number of hydrogen-bond donors (Lipinski definition) is 1. The van der Waals surface area contributed by atoms with Gasteiger partial charge in [0.2, 0.25) is 0 Å². The summed E-state index contributed by atoms with van der Waals surface area (Å²) < 4.78 is 0. The predicted octanol–water partition coefficient (Wildman–Crippen LogP) is 1.88. The number of rotatable bonds is 2. The molecule has 2 heterocycles. The van der Waals surface area contributed by atoms with Crippen LogP contribution in [0.15, 0.2) is 5.38 Å². The second-order valence-corrected chi connectivity index (χ2v) is 5.19. The molecule has 0 spiro atoms. The van der Waals surface area contributed by atoms with E-state index < -0.39 is 0 Å². The van der Waals surface area contributed by atoms with E-state index in [1.807, 2.05) is 0 Å². The Morgan fingerprint density at radius 2 is 2.47 bits per heavy atom. The fraction of sp³-hybridized carbons (Fsp3) is 0.727. The van der Waals surface area contributed by atoms with E-state index in [9.17, 15) is 0 Å². The average molecular weight is 225 g/mol. The number of anilines is 1. The van der Waals surface area contributed by atoms with Crippen LogP contribution in [-0.4, -0.2) is 24.1 Å². The average Bonchev–Trinajstić information content (AvgIpc) is 2.70. The summed E-state index contributed by atoms with van der Waals surface area (Å²) in [5.41, 5.74) is 7.28. The highest BCUT2D eigenvalue weighted by Gasteiger charge is 2.24. The molecule has 84 valence electrons. The van der Waals surface area contributed by atoms with Crippen molar-refractivity contribution in [3.8, 4) is 0 Å². The second kappa shape index (κ2) is 4.49. The van der Waals surface area contributed by atoms with Crippen LogP contribution in [0.4, 0.5) is 5.13 Å². The molecular formula is C11H19N3S. The van der Waals surface area contributed by atoms with Crippen LogP contribution in [0.2, 0.25) is 0 Å². The molecule has 1 saturated heterocycles. The van der Waals surface area contributed by atoms with Gasteiger partial charge in [-0.25, -0.2) is 4.98 Å². The predicted molar refractivity (Wildman–Crippen MR) is 65.5 cm³/mol. The van der Waals surface area contributed by atoms with Gasteiger partial charge in [-0.3, -0.25) is 0 Å². The molecule has 0 amide bonds. The molecule has 0 radical (unpaired) electrons. The lowest BCUT2D eigenvalue weighted by atomic mass is 9.95. The molecule has 2 unspecified atom stereocenters. The lowest BCUT2D eigenvalue weighted by Crippen LogP contribution is -2.47. The fourth-order valence-electron chi connectivity index (χ4n) is 1.88. The first-order valence-electron chi connectivity index (χ1n) is 5.65. The number of thiazole rings is 1. The number of aryl methyl sites for hydroxylation is 1. The van der Waals surface area contributed by atoms with Crippen LogP contribution in [0.25, 0.3) is 0 Å². The van der Waals surface area contributed by atoms with Crippen molar-refractivity contribution >= 4 is 16.5 Å². The van der Waals surface area contributed by atoms with Gasteiger partial charge >= 0.3 is 0 Å². The first-order chi connectivity index (χ1) is 7.20. The maximum Gasteiger partial charge on any atom is 0.185 e. The summed E-state index contributed by atoms with van der Waals surface area (Å²) in [4.78, 5) is 6.93. The Labute approximate surface area is 95.3 Å². The van der Waals surface area contributed by atoms with Crippen LogP contribution >= 0.6 is 11.3 Å². The summed E-state index contributed by atoms with van der Waals surface area (Å²) >= 11 is 1.74. The monoisotopic (exact) mass is 225 g/mol. The van der Waals surface area contributed by atoms with Gasteiger partial charge in [-0.15, -0.1) is 11.3 Å². The summed E-state index contributed by atoms with van der Waals surface area (Å²) in [7, 11) is 0. The van der Waals surface area contributed by atoms with E-state index in [-0.39, 0.29) is 0 Å². The van der Waals surface area contributed by atoms with E-state index in [0.717, 1.165) is 24.6 Å². The Bertz CT molecular complexity index is 323. The molecule has 0 saturated carbocycles. The Morgan fingerprint density at radius 1 is 1.67 bits per heavy atom. The van der Waals surface area contributed by atoms with Gasteiger partial charge in [0.1, 0.15) is 0 Å². The zero-order valence-electron chi connectivity index (χ0n) is 9.44. The van der Waals surface area contributed by atoms with Crippen LogP contribution in [0.5, 0.6) is 0 Å². The quantitative estimate of drug-likeness (QED) is 0.835. The topological polar surface area (TPSA) is 42.1 Å². The van der Waals surface area contributed by atoms with E-state index in [1.165, 1.54) is 12.1 Å². The van der Waals surface area contributed by atoms with Crippen molar-refractivity contribution in [1.82, 2.24) is 4.98 Å². The molecule has 0 aliphatic carbocycles. The van der Waals surface area contributed by atoms with Crippen LogP contribution in [-0.2, 0) is 6.42 Å². The Morgan fingerprint density at radius 3 is 3.07 bits per heavy atom. The number of hydrogen-bond acceptors (Lipinski definition) is 4. The van der Waals surface area contributed by atoms with Gasteiger partial charge in [0, 0.05) is 24.5 Å². The van der Waals surface area contributed by atoms with Crippen LogP contribution < -0.4 is 10.6 Å². The van der Waals surface area contributed by atoms with Gasteiger partial charge in [0.25, 0.3) is 0 Å². The Hall–Kier alpha value is -0.610. The Balaban J connectivity index is 2.05. The minimum absolute atomic E-state index is 0.299. The molecule has 1 aromatic rings. The van der Waals surface area contributed by atoms with Crippen molar-refractivity contribution in [2.75, 3.05) is 18.0 Å². The molecule has 1 aliphatic rings. The van der Waals surface area contributed by atoms with Crippen molar-refractivity contribution in [3.05, 3.63) is 11.1 Å². The number of piperidine rings is 1. The SMILES string of the molecule is CCc1csc(N2CCC(C)C(N)C2)n1. The minimum Gasteiger partial charge on any atom is -0.347 e. The largest absolute Gasteiger partial charge is 0.347 e. The zero-order valence-corrected chi connectivity index (χ0v) is 10.3. The number of aromatic nitrogens is 1.